The molecular weight excluding hydrogens is 182 g/mol. The molecule has 0 rings (SSSR count). The van der Waals surface area contributed by atoms with Crippen molar-refractivity contribution in [1.29, 1.82) is 0 Å². The Morgan fingerprint density at radius 1 is 1.36 bits per heavy atom. The van der Waals surface area contributed by atoms with Crippen molar-refractivity contribution in [2.45, 2.75) is 32.6 Å². The molecule has 0 aromatic heterocycles. The molecule has 0 radical (unpaired) electrons. The zero-order chi connectivity index (χ0) is 10.6. The standard InChI is InChI=1S/C10H21NO3/c1-2-3-4-5-8-14-10(13)9-11-6-7-12/h11-12H,2-9H2,1H3. The molecule has 84 valence electrons. The molecule has 0 saturated heterocycles. The second kappa shape index (κ2) is 10.5. The number of esters is 1. The van der Waals surface area contributed by atoms with Gasteiger partial charge in [0.25, 0.3) is 0 Å². The van der Waals surface area contributed by atoms with Crippen LogP contribution >= 0.6 is 0 Å². The third kappa shape index (κ3) is 9.48. The van der Waals surface area contributed by atoms with Crippen molar-refractivity contribution in [2.75, 3.05) is 26.3 Å². The molecule has 4 heteroatoms. The monoisotopic (exact) mass is 203 g/mol. The first-order valence-corrected chi connectivity index (χ1v) is 5.28. The second-order valence-corrected chi connectivity index (χ2v) is 3.18. The van der Waals surface area contributed by atoms with E-state index < -0.39 is 0 Å². The Morgan fingerprint density at radius 2 is 2.14 bits per heavy atom. The largest absolute Gasteiger partial charge is 0.465 e. The Hall–Kier alpha value is -0.610. The lowest BCUT2D eigenvalue weighted by atomic mass is 10.2. The highest BCUT2D eigenvalue weighted by Gasteiger charge is 2.00. The Balaban J connectivity index is 3.10. The highest BCUT2D eigenvalue weighted by molar-refractivity contribution is 5.71. The van der Waals surface area contributed by atoms with Crippen molar-refractivity contribution in [2.24, 2.45) is 0 Å². The number of hydrogen-bond donors (Lipinski definition) is 2. The van der Waals surface area contributed by atoms with Crippen molar-refractivity contribution in [3.05, 3.63) is 0 Å². The number of aliphatic hydroxyl groups is 1. The normalized spacial score (nSPS) is 10.1. The third-order valence-electron chi connectivity index (χ3n) is 1.82. The minimum Gasteiger partial charge on any atom is -0.465 e. The maximum Gasteiger partial charge on any atom is 0.319 e. The lowest BCUT2D eigenvalue weighted by molar-refractivity contribution is -0.142. The molecule has 0 unspecified atom stereocenters. The first-order chi connectivity index (χ1) is 6.81. The van der Waals surface area contributed by atoms with E-state index in [0.717, 1.165) is 12.8 Å². The summed E-state index contributed by atoms with van der Waals surface area (Å²) in [5, 5.41) is 11.2. The quantitative estimate of drug-likeness (QED) is 0.427. The van der Waals surface area contributed by atoms with E-state index in [-0.39, 0.29) is 19.1 Å². The van der Waals surface area contributed by atoms with Crippen LogP contribution in [0.5, 0.6) is 0 Å². The van der Waals surface area contributed by atoms with Gasteiger partial charge < -0.3 is 15.2 Å². The smallest absolute Gasteiger partial charge is 0.319 e. The summed E-state index contributed by atoms with van der Waals surface area (Å²) >= 11 is 0. The maximum absolute atomic E-state index is 11.0. The van der Waals surface area contributed by atoms with E-state index in [9.17, 15) is 4.79 Å². The summed E-state index contributed by atoms with van der Waals surface area (Å²) in [4.78, 5) is 11.0. The van der Waals surface area contributed by atoms with Gasteiger partial charge in [-0.1, -0.05) is 26.2 Å². The average Bonchev–Trinajstić information content (AvgIpc) is 2.18. The number of carbonyl (C=O) groups excluding carboxylic acids is 1. The number of unbranched alkanes of at least 4 members (excludes halogenated alkanes) is 3. The topological polar surface area (TPSA) is 58.6 Å². The van der Waals surface area contributed by atoms with E-state index in [2.05, 4.69) is 12.2 Å². The lowest BCUT2D eigenvalue weighted by Gasteiger charge is -2.04. The van der Waals surface area contributed by atoms with E-state index in [4.69, 9.17) is 9.84 Å². The number of carbonyl (C=O) groups is 1. The van der Waals surface area contributed by atoms with Gasteiger partial charge in [0, 0.05) is 6.54 Å². The zero-order valence-corrected chi connectivity index (χ0v) is 8.92. The van der Waals surface area contributed by atoms with Gasteiger partial charge in [-0.25, -0.2) is 0 Å². The van der Waals surface area contributed by atoms with Gasteiger partial charge in [-0.2, -0.15) is 0 Å². The van der Waals surface area contributed by atoms with Gasteiger partial charge in [0.05, 0.1) is 19.8 Å². The van der Waals surface area contributed by atoms with Crippen LogP contribution in [0.3, 0.4) is 0 Å². The van der Waals surface area contributed by atoms with Gasteiger partial charge in [-0.15, -0.1) is 0 Å². The molecule has 0 bridgehead atoms. The van der Waals surface area contributed by atoms with E-state index in [1.165, 1.54) is 12.8 Å². The zero-order valence-electron chi connectivity index (χ0n) is 8.92. The fourth-order valence-electron chi connectivity index (χ4n) is 1.04. The summed E-state index contributed by atoms with van der Waals surface area (Å²) in [6.07, 6.45) is 4.44. The molecule has 0 saturated carbocycles. The van der Waals surface area contributed by atoms with Crippen molar-refractivity contribution in [3.63, 3.8) is 0 Å². The van der Waals surface area contributed by atoms with Gasteiger partial charge in [0.15, 0.2) is 0 Å². The van der Waals surface area contributed by atoms with Crippen molar-refractivity contribution >= 4 is 5.97 Å². The summed E-state index contributed by atoms with van der Waals surface area (Å²) in [7, 11) is 0. The van der Waals surface area contributed by atoms with Crippen molar-refractivity contribution in [1.82, 2.24) is 5.32 Å². The van der Waals surface area contributed by atoms with Gasteiger partial charge in [-0.3, -0.25) is 4.79 Å². The molecular formula is C10H21NO3. The van der Waals surface area contributed by atoms with Gasteiger partial charge >= 0.3 is 5.97 Å². The van der Waals surface area contributed by atoms with Crippen LogP contribution in [0.15, 0.2) is 0 Å². The summed E-state index contributed by atoms with van der Waals surface area (Å²) < 4.78 is 4.95. The van der Waals surface area contributed by atoms with Crippen LogP contribution < -0.4 is 5.32 Å². The molecule has 0 fully saturated rings. The SMILES string of the molecule is CCCCCCOC(=O)CNCCO. The van der Waals surface area contributed by atoms with E-state index in [1.54, 1.807) is 0 Å². The maximum atomic E-state index is 11.0. The summed E-state index contributed by atoms with van der Waals surface area (Å²) in [5.74, 6) is -0.241. The molecule has 0 amide bonds. The fraction of sp³-hybridized carbons (Fsp3) is 0.900. The summed E-state index contributed by atoms with van der Waals surface area (Å²) in [6.45, 7) is 3.33. The molecule has 0 atom stereocenters. The van der Waals surface area contributed by atoms with Crippen LogP contribution in [0, 0.1) is 0 Å². The van der Waals surface area contributed by atoms with Crippen molar-refractivity contribution < 1.29 is 14.6 Å². The average molecular weight is 203 g/mol. The van der Waals surface area contributed by atoms with Crippen LogP contribution in [0.25, 0.3) is 0 Å². The summed E-state index contributed by atoms with van der Waals surface area (Å²) in [6, 6.07) is 0. The number of nitrogens with one attached hydrogen (secondary N) is 1. The van der Waals surface area contributed by atoms with Crippen LogP contribution in [-0.2, 0) is 9.53 Å². The molecule has 2 N–H and O–H groups in total. The number of hydrogen-bond acceptors (Lipinski definition) is 4. The predicted octanol–water partition coefficient (Wildman–Crippen LogP) is 0.692. The number of ether oxygens (including phenoxy) is 1. The first kappa shape index (κ1) is 13.4. The van der Waals surface area contributed by atoms with Crippen LogP contribution in [0.2, 0.25) is 0 Å². The molecule has 14 heavy (non-hydrogen) atoms. The van der Waals surface area contributed by atoms with Crippen LogP contribution in [0.4, 0.5) is 0 Å². The number of rotatable bonds is 9. The molecule has 0 spiro atoms. The van der Waals surface area contributed by atoms with Gasteiger partial charge in [0.2, 0.25) is 0 Å². The highest BCUT2D eigenvalue weighted by atomic mass is 16.5. The van der Waals surface area contributed by atoms with Crippen LogP contribution in [0.1, 0.15) is 32.6 Å². The molecule has 0 aliphatic rings. The summed E-state index contributed by atoms with van der Waals surface area (Å²) in [5.41, 5.74) is 0. The molecule has 0 aromatic rings. The van der Waals surface area contributed by atoms with E-state index in [0.29, 0.717) is 13.2 Å². The van der Waals surface area contributed by atoms with Gasteiger partial charge in [0.1, 0.15) is 0 Å². The molecule has 4 nitrogen and oxygen atoms in total. The number of aliphatic hydroxyl groups excluding tert-OH is 1. The Morgan fingerprint density at radius 3 is 2.79 bits per heavy atom. The first-order valence-electron chi connectivity index (χ1n) is 5.28. The van der Waals surface area contributed by atoms with E-state index in [1.807, 2.05) is 0 Å². The third-order valence-corrected chi connectivity index (χ3v) is 1.82. The minimum atomic E-state index is -0.241. The predicted molar refractivity (Wildman–Crippen MR) is 55.1 cm³/mol. The Labute approximate surface area is 85.6 Å². The van der Waals surface area contributed by atoms with Crippen molar-refractivity contribution in [3.8, 4) is 0 Å². The minimum absolute atomic E-state index is 0.0454. The molecule has 0 heterocycles. The lowest BCUT2D eigenvalue weighted by Crippen LogP contribution is -2.27. The highest BCUT2D eigenvalue weighted by Crippen LogP contribution is 1.98. The van der Waals surface area contributed by atoms with Gasteiger partial charge in [-0.05, 0) is 6.42 Å². The Bertz CT molecular complexity index is 139. The molecule has 0 aromatic carbocycles. The Kier molecular flexibility index (Phi) is 10.0. The molecule has 0 aliphatic carbocycles. The van der Waals surface area contributed by atoms with E-state index >= 15 is 0 Å². The molecule has 0 aliphatic heterocycles. The second-order valence-electron chi connectivity index (χ2n) is 3.18. The fourth-order valence-corrected chi connectivity index (χ4v) is 1.04. The van der Waals surface area contributed by atoms with Crippen LogP contribution in [-0.4, -0.2) is 37.4 Å².